The molecule has 2 aromatic carbocycles. The zero-order valence-electron chi connectivity index (χ0n) is 30.2. The van der Waals surface area contributed by atoms with Gasteiger partial charge in [-0.05, 0) is 132 Å². The third kappa shape index (κ3) is 14.8. The first-order valence-corrected chi connectivity index (χ1v) is 18.7. The van der Waals surface area contributed by atoms with Crippen LogP contribution in [0.4, 0.5) is 52.2 Å². The fraction of sp³-hybridized carbons (Fsp3) is 0.222. The Kier molecular flexibility index (Phi) is 16.7. The minimum Gasteiger partial charge on any atom is -0.399 e. The van der Waals surface area contributed by atoms with Crippen LogP contribution < -0.4 is 32.3 Å². The van der Waals surface area contributed by atoms with Crippen molar-refractivity contribution in [3.05, 3.63) is 112 Å². The third-order valence-corrected chi connectivity index (χ3v) is 8.68. The summed E-state index contributed by atoms with van der Waals surface area (Å²) in [4.78, 5) is 32.8. The van der Waals surface area contributed by atoms with E-state index in [2.05, 4.69) is 98.3 Å². The number of aromatic nitrogens is 8. The summed E-state index contributed by atoms with van der Waals surface area (Å²) in [6.45, 7) is 7.21. The lowest BCUT2D eigenvalue weighted by atomic mass is 10.2. The SMILES string of the molecule is C[C@@H](O)[C@@H](C)Nc1nc(Nc2ccc(N)cc2)ncc1Br.C[C@@H](O)[C@@H](C)Nc1nc(Nc2ccc(Nc3ncccn3)cc2)ncc1Br.Clc1ncccn1. The molecule has 4 heterocycles. The average molecular weight is 897 g/mol. The predicted molar refractivity (Wildman–Crippen MR) is 225 cm³/mol. The van der Waals surface area contributed by atoms with E-state index < -0.39 is 12.2 Å². The minimum absolute atomic E-state index is 0.124. The molecule has 4 aromatic heterocycles. The number of aliphatic hydroxyl groups excluding tert-OH is 2. The molecule has 55 heavy (non-hydrogen) atoms. The lowest BCUT2D eigenvalue weighted by Crippen LogP contribution is -2.28. The number of nitrogen functional groups attached to an aromatic ring is 1. The molecular weight excluding hydrogens is 856 g/mol. The van der Waals surface area contributed by atoms with Gasteiger partial charge < -0.3 is 42.5 Å². The first-order valence-electron chi connectivity index (χ1n) is 16.8. The van der Waals surface area contributed by atoms with Gasteiger partial charge >= 0.3 is 0 Å². The molecule has 0 amide bonds. The van der Waals surface area contributed by atoms with Crippen LogP contribution in [0.5, 0.6) is 0 Å². The van der Waals surface area contributed by atoms with Gasteiger partial charge in [0.1, 0.15) is 11.6 Å². The number of anilines is 9. The number of halogens is 3. The Morgan fingerprint density at radius 1 is 0.564 bits per heavy atom. The van der Waals surface area contributed by atoms with Crippen LogP contribution in [0.15, 0.2) is 107 Å². The number of rotatable bonds is 12. The summed E-state index contributed by atoms with van der Waals surface area (Å²) in [6.07, 6.45) is 8.88. The molecule has 288 valence electrons. The molecule has 6 aromatic rings. The molecule has 9 N–H and O–H groups in total. The van der Waals surface area contributed by atoms with Crippen LogP contribution in [-0.2, 0) is 0 Å². The number of nitrogens with zero attached hydrogens (tertiary/aromatic N) is 8. The highest BCUT2D eigenvalue weighted by atomic mass is 79.9. The highest BCUT2D eigenvalue weighted by molar-refractivity contribution is 9.11. The van der Waals surface area contributed by atoms with Crippen molar-refractivity contribution in [1.82, 2.24) is 39.9 Å². The smallest absolute Gasteiger partial charge is 0.229 e. The number of hydrogen-bond acceptors (Lipinski definition) is 16. The van der Waals surface area contributed by atoms with Crippen LogP contribution in [0.3, 0.4) is 0 Å². The summed E-state index contributed by atoms with van der Waals surface area (Å²) in [7, 11) is 0. The molecule has 0 aliphatic rings. The molecule has 0 unspecified atom stereocenters. The van der Waals surface area contributed by atoms with E-state index in [4.69, 9.17) is 17.3 Å². The van der Waals surface area contributed by atoms with Crippen molar-refractivity contribution in [2.75, 3.05) is 32.3 Å². The third-order valence-electron chi connectivity index (χ3n) is 7.33. The molecule has 0 saturated carbocycles. The van der Waals surface area contributed by atoms with E-state index in [0.717, 1.165) is 26.0 Å². The van der Waals surface area contributed by atoms with Crippen LogP contribution in [-0.4, -0.2) is 74.4 Å². The predicted octanol–water partition coefficient (Wildman–Crippen LogP) is 7.57. The lowest BCUT2D eigenvalue weighted by molar-refractivity contribution is 0.177. The van der Waals surface area contributed by atoms with Gasteiger partial charge in [-0.1, -0.05) is 0 Å². The van der Waals surface area contributed by atoms with Crippen molar-refractivity contribution in [1.29, 1.82) is 0 Å². The standard InChI is InChI=1S/C18H20BrN7O.C14H18BrN5O.C4H3ClN2/c1-11(12(2)27)23-16-15(19)10-22-18(26-16)25-14-6-4-13(5-7-14)24-17-20-8-3-9-21-17;1-8(9(2)21)18-13-12(15)7-17-14(20-13)19-11-5-3-10(16)4-6-11;5-4-6-2-1-3-7-4/h3-12,27H,1-2H3,(H,20,21,24)(H2,22,23,25,26);3-9,21H,16H2,1-2H3,(H2,17,18,19,20);1-3H/t11-,12-;8-,9-;/m11./s1. The summed E-state index contributed by atoms with van der Waals surface area (Å²) < 4.78 is 1.46. The number of nitrogens with two attached hydrogens (primary N) is 1. The zero-order chi connectivity index (χ0) is 39.7. The number of nitrogens with one attached hydrogen (secondary N) is 5. The largest absolute Gasteiger partial charge is 0.399 e. The summed E-state index contributed by atoms with van der Waals surface area (Å²) in [5, 5.41) is 35.2. The van der Waals surface area contributed by atoms with Gasteiger partial charge in [0.15, 0.2) is 0 Å². The molecule has 0 bridgehead atoms. The Balaban J connectivity index is 0.000000212. The highest BCUT2D eigenvalue weighted by Gasteiger charge is 2.14. The maximum absolute atomic E-state index is 9.66. The maximum atomic E-state index is 9.66. The maximum Gasteiger partial charge on any atom is 0.229 e. The Hall–Kier alpha value is -5.27. The van der Waals surface area contributed by atoms with Gasteiger partial charge in [0.2, 0.25) is 23.1 Å². The van der Waals surface area contributed by atoms with Crippen LogP contribution in [0.25, 0.3) is 0 Å². The summed E-state index contributed by atoms with van der Waals surface area (Å²) >= 11 is 12.1. The quantitative estimate of drug-likeness (QED) is 0.0437. The topological polar surface area (TPSA) is 230 Å². The van der Waals surface area contributed by atoms with Crippen molar-refractivity contribution in [3.63, 3.8) is 0 Å². The molecule has 6 rings (SSSR count). The average Bonchev–Trinajstić information content (AvgIpc) is 3.17. The Labute approximate surface area is 340 Å². The molecule has 0 radical (unpaired) electrons. The lowest BCUT2D eigenvalue weighted by Gasteiger charge is -2.18. The molecule has 0 saturated heterocycles. The van der Waals surface area contributed by atoms with Gasteiger partial charge in [-0.3, -0.25) is 0 Å². The first kappa shape index (κ1) is 42.5. The second-order valence-electron chi connectivity index (χ2n) is 11.8. The van der Waals surface area contributed by atoms with Crippen molar-refractivity contribution in [2.24, 2.45) is 0 Å². The summed E-state index contributed by atoms with van der Waals surface area (Å²) in [6, 6.07) is 18.1. The molecular formula is C36H41Br2ClN14O2. The fourth-order valence-corrected chi connectivity index (χ4v) is 4.69. The van der Waals surface area contributed by atoms with Crippen LogP contribution in [0.1, 0.15) is 27.7 Å². The van der Waals surface area contributed by atoms with Crippen LogP contribution in [0.2, 0.25) is 5.28 Å². The second-order valence-corrected chi connectivity index (χ2v) is 13.8. The molecule has 16 nitrogen and oxygen atoms in total. The van der Waals surface area contributed by atoms with E-state index in [0.29, 0.717) is 40.5 Å². The van der Waals surface area contributed by atoms with Crippen molar-refractivity contribution in [3.8, 4) is 0 Å². The number of hydrogen-bond donors (Lipinski definition) is 8. The number of aliphatic hydroxyl groups is 2. The number of benzene rings is 2. The van der Waals surface area contributed by atoms with Crippen molar-refractivity contribution < 1.29 is 10.2 Å². The van der Waals surface area contributed by atoms with E-state index in [9.17, 15) is 10.2 Å². The molecule has 4 atom stereocenters. The van der Waals surface area contributed by atoms with E-state index >= 15 is 0 Å². The second kappa shape index (κ2) is 21.6. The van der Waals surface area contributed by atoms with Gasteiger partial charge in [-0.25, -0.2) is 29.9 Å². The van der Waals surface area contributed by atoms with E-state index in [1.807, 2.05) is 50.2 Å². The van der Waals surface area contributed by atoms with Crippen molar-refractivity contribution >= 4 is 95.7 Å². The molecule has 0 fully saturated rings. The van der Waals surface area contributed by atoms with Gasteiger partial charge in [-0.15, -0.1) is 0 Å². The first-order chi connectivity index (χ1) is 26.4. The molecule has 19 heteroatoms. The van der Waals surface area contributed by atoms with Crippen LogP contribution in [0, 0.1) is 0 Å². The van der Waals surface area contributed by atoms with Crippen molar-refractivity contribution in [2.45, 2.75) is 52.0 Å². The Bertz CT molecular complexity index is 2040. The Morgan fingerprint density at radius 2 is 0.927 bits per heavy atom. The fourth-order valence-electron chi connectivity index (χ4n) is 3.96. The van der Waals surface area contributed by atoms with Gasteiger partial charge in [0, 0.05) is 59.9 Å². The summed E-state index contributed by atoms with van der Waals surface area (Å²) in [5.41, 5.74) is 8.91. The van der Waals surface area contributed by atoms with Gasteiger partial charge in [0.05, 0.1) is 33.2 Å². The molecule has 0 spiro atoms. The van der Waals surface area contributed by atoms with E-state index in [1.54, 1.807) is 75.3 Å². The van der Waals surface area contributed by atoms with Gasteiger partial charge in [0.25, 0.3) is 0 Å². The molecule has 0 aliphatic heterocycles. The zero-order valence-corrected chi connectivity index (χ0v) is 34.2. The molecule has 0 aliphatic carbocycles. The normalized spacial score (nSPS) is 12.6. The highest BCUT2D eigenvalue weighted by Crippen LogP contribution is 2.25. The minimum atomic E-state index is -0.503. The van der Waals surface area contributed by atoms with E-state index in [-0.39, 0.29) is 12.1 Å². The van der Waals surface area contributed by atoms with Crippen LogP contribution >= 0.6 is 43.5 Å². The Morgan fingerprint density at radius 3 is 1.29 bits per heavy atom. The monoisotopic (exact) mass is 894 g/mol. The summed E-state index contributed by atoms with van der Waals surface area (Å²) in [5.74, 6) is 2.68. The van der Waals surface area contributed by atoms with E-state index in [1.165, 1.54) is 0 Å². The van der Waals surface area contributed by atoms with Gasteiger partial charge in [-0.2, -0.15) is 9.97 Å².